The van der Waals surface area contributed by atoms with E-state index in [0.29, 0.717) is 0 Å². The number of carboxylic acid groups (broad SMARTS) is 1. The van der Waals surface area contributed by atoms with Crippen molar-refractivity contribution in [2.24, 2.45) is 0 Å². The molecule has 0 aromatic carbocycles. The Hall–Kier alpha value is -1.30. The third-order valence-corrected chi connectivity index (χ3v) is 1.85. The van der Waals surface area contributed by atoms with Gasteiger partial charge in [0.2, 0.25) is 0 Å². The van der Waals surface area contributed by atoms with Crippen molar-refractivity contribution >= 4 is 12.1 Å². The minimum absolute atomic E-state index is 0.313. The van der Waals surface area contributed by atoms with E-state index in [4.69, 9.17) is 14.9 Å². The number of aliphatic hydroxyl groups excluding tert-OH is 1. The van der Waals surface area contributed by atoms with Crippen LogP contribution < -0.4 is 0 Å². The Bertz CT molecular complexity index is 258. The molecule has 0 aromatic rings. The molecule has 0 aliphatic heterocycles. The predicted molar refractivity (Wildman–Crippen MR) is 57.1 cm³/mol. The largest absolute Gasteiger partial charge is 0.481 e. The van der Waals surface area contributed by atoms with Crippen LogP contribution in [0.25, 0.3) is 0 Å². The van der Waals surface area contributed by atoms with Crippen LogP contribution in [0.15, 0.2) is 0 Å². The molecule has 0 radical (unpaired) electrons. The van der Waals surface area contributed by atoms with Crippen LogP contribution in [0.5, 0.6) is 0 Å². The van der Waals surface area contributed by atoms with E-state index >= 15 is 0 Å². The smallest absolute Gasteiger partial charge is 0.410 e. The summed E-state index contributed by atoms with van der Waals surface area (Å²) in [6, 6.07) is -0.771. The van der Waals surface area contributed by atoms with Crippen molar-refractivity contribution in [1.29, 1.82) is 0 Å². The second-order valence-corrected chi connectivity index (χ2v) is 4.53. The fourth-order valence-corrected chi connectivity index (χ4v) is 1.01. The zero-order valence-corrected chi connectivity index (χ0v) is 10.1. The number of likely N-dealkylation sites (N-methyl/N-ethyl adjacent to an activating group) is 1. The fraction of sp³-hybridized carbons (Fsp3) is 0.800. The average molecular weight is 233 g/mol. The lowest BCUT2D eigenvalue weighted by Crippen LogP contribution is -2.43. The van der Waals surface area contributed by atoms with Crippen LogP contribution in [0.1, 0.15) is 27.2 Å². The summed E-state index contributed by atoms with van der Waals surface area (Å²) in [5.41, 5.74) is -0.644. The molecule has 94 valence electrons. The molecule has 0 aromatic heterocycles. The minimum Gasteiger partial charge on any atom is -0.481 e. The Labute approximate surface area is 94.8 Å². The van der Waals surface area contributed by atoms with Crippen molar-refractivity contribution in [3.8, 4) is 0 Å². The SMILES string of the molecule is CN(C(=O)OC(C)(C)C)[C@H](CO)CC(=O)O. The first-order valence-electron chi connectivity index (χ1n) is 4.96. The molecule has 0 aliphatic rings. The van der Waals surface area contributed by atoms with E-state index in [-0.39, 0.29) is 6.42 Å². The molecule has 0 fully saturated rings. The van der Waals surface area contributed by atoms with Crippen LogP contribution in [0, 0.1) is 0 Å². The van der Waals surface area contributed by atoms with Gasteiger partial charge in [0, 0.05) is 7.05 Å². The second kappa shape index (κ2) is 5.69. The summed E-state index contributed by atoms with van der Waals surface area (Å²) < 4.78 is 5.05. The van der Waals surface area contributed by atoms with Gasteiger partial charge in [-0.2, -0.15) is 0 Å². The number of rotatable bonds is 4. The third-order valence-electron chi connectivity index (χ3n) is 1.85. The number of amides is 1. The zero-order valence-electron chi connectivity index (χ0n) is 10.1. The molecule has 2 N–H and O–H groups in total. The van der Waals surface area contributed by atoms with Gasteiger partial charge < -0.3 is 19.8 Å². The molecule has 1 atom stereocenters. The number of carboxylic acids is 1. The Kier molecular flexibility index (Phi) is 5.23. The summed E-state index contributed by atoms with van der Waals surface area (Å²) in [5, 5.41) is 17.6. The quantitative estimate of drug-likeness (QED) is 0.746. The minimum atomic E-state index is -1.07. The van der Waals surface area contributed by atoms with E-state index in [1.54, 1.807) is 20.8 Å². The van der Waals surface area contributed by atoms with Crippen LogP contribution >= 0.6 is 0 Å². The molecule has 6 nitrogen and oxygen atoms in total. The van der Waals surface area contributed by atoms with Crippen molar-refractivity contribution in [1.82, 2.24) is 4.90 Å². The molecule has 0 bridgehead atoms. The van der Waals surface area contributed by atoms with Gasteiger partial charge in [-0.25, -0.2) is 4.79 Å². The van der Waals surface area contributed by atoms with Gasteiger partial charge in [0.15, 0.2) is 0 Å². The molecule has 0 heterocycles. The Morgan fingerprint density at radius 3 is 2.19 bits per heavy atom. The highest BCUT2D eigenvalue weighted by Gasteiger charge is 2.26. The summed E-state index contributed by atoms with van der Waals surface area (Å²) >= 11 is 0. The Morgan fingerprint density at radius 1 is 1.38 bits per heavy atom. The van der Waals surface area contributed by atoms with Crippen molar-refractivity contribution < 1.29 is 24.5 Å². The van der Waals surface area contributed by atoms with E-state index in [1.807, 2.05) is 0 Å². The lowest BCUT2D eigenvalue weighted by Gasteiger charge is -2.28. The molecule has 0 unspecified atom stereocenters. The van der Waals surface area contributed by atoms with Crippen LogP contribution in [-0.4, -0.2) is 52.5 Å². The van der Waals surface area contributed by atoms with Gasteiger partial charge >= 0.3 is 12.1 Å². The molecule has 6 heteroatoms. The van der Waals surface area contributed by atoms with E-state index < -0.39 is 30.3 Å². The summed E-state index contributed by atoms with van der Waals surface area (Å²) in [7, 11) is 1.40. The first-order chi connectivity index (χ1) is 7.17. The van der Waals surface area contributed by atoms with E-state index in [1.165, 1.54) is 7.05 Å². The number of hydrogen-bond donors (Lipinski definition) is 2. The Morgan fingerprint density at radius 2 is 1.88 bits per heavy atom. The van der Waals surface area contributed by atoms with Gasteiger partial charge in [-0.15, -0.1) is 0 Å². The van der Waals surface area contributed by atoms with E-state index in [0.717, 1.165) is 4.90 Å². The summed E-state index contributed by atoms with van der Waals surface area (Å²) in [6.45, 7) is 4.72. The summed E-state index contributed by atoms with van der Waals surface area (Å²) in [5.74, 6) is -1.07. The number of aliphatic hydroxyl groups is 1. The summed E-state index contributed by atoms with van der Waals surface area (Å²) in [6.07, 6.45) is -0.959. The first kappa shape index (κ1) is 14.7. The van der Waals surface area contributed by atoms with Gasteiger partial charge in [0.25, 0.3) is 0 Å². The summed E-state index contributed by atoms with van der Waals surface area (Å²) in [4.78, 5) is 23.1. The molecule has 0 aliphatic carbocycles. The number of carbonyl (C=O) groups is 2. The molecule has 0 spiro atoms. The number of ether oxygens (including phenoxy) is 1. The number of carbonyl (C=O) groups excluding carboxylic acids is 1. The molecular weight excluding hydrogens is 214 g/mol. The molecular formula is C10H19NO5. The van der Waals surface area contributed by atoms with Crippen molar-refractivity contribution in [3.05, 3.63) is 0 Å². The van der Waals surface area contributed by atoms with Gasteiger partial charge in [-0.3, -0.25) is 4.79 Å². The van der Waals surface area contributed by atoms with Gasteiger partial charge in [0.1, 0.15) is 5.60 Å². The average Bonchev–Trinajstić information content (AvgIpc) is 2.09. The van der Waals surface area contributed by atoms with Gasteiger partial charge in [0.05, 0.1) is 19.1 Å². The number of hydrogen-bond acceptors (Lipinski definition) is 4. The third kappa shape index (κ3) is 5.55. The van der Waals surface area contributed by atoms with Crippen LogP contribution in [0.4, 0.5) is 4.79 Å². The zero-order chi connectivity index (χ0) is 12.9. The van der Waals surface area contributed by atoms with Crippen molar-refractivity contribution in [2.75, 3.05) is 13.7 Å². The standard InChI is InChI=1S/C10H19NO5/c1-10(2,3)16-9(15)11(4)7(6-12)5-8(13)14/h7,12H,5-6H2,1-4H3,(H,13,14)/t7-/m0/s1. The first-order valence-corrected chi connectivity index (χ1v) is 4.96. The van der Waals surface area contributed by atoms with Gasteiger partial charge in [-0.1, -0.05) is 0 Å². The molecule has 16 heavy (non-hydrogen) atoms. The van der Waals surface area contributed by atoms with Crippen molar-refractivity contribution in [3.63, 3.8) is 0 Å². The van der Waals surface area contributed by atoms with Crippen molar-refractivity contribution in [2.45, 2.75) is 38.8 Å². The fourth-order valence-electron chi connectivity index (χ4n) is 1.01. The maximum atomic E-state index is 11.5. The number of aliphatic carboxylic acids is 1. The topological polar surface area (TPSA) is 87.1 Å². The molecule has 0 rings (SSSR count). The normalized spacial score (nSPS) is 13.1. The van der Waals surface area contributed by atoms with Crippen LogP contribution in [0.3, 0.4) is 0 Å². The van der Waals surface area contributed by atoms with E-state index in [2.05, 4.69) is 0 Å². The lowest BCUT2D eigenvalue weighted by molar-refractivity contribution is -0.138. The molecule has 1 amide bonds. The highest BCUT2D eigenvalue weighted by Crippen LogP contribution is 2.11. The molecule has 0 saturated heterocycles. The highest BCUT2D eigenvalue weighted by atomic mass is 16.6. The Balaban J connectivity index is 4.44. The highest BCUT2D eigenvalue weighted by molar-refractivity contribution is 5.71. The van der Waals surface area contributed by atoms with Gasteiger partial charge in [-0.05, 0) is 20.8 Å². The maximum absolute atomic E-state index is 11.5. The van der Waals surface area contributed by atoms with Crippen LogP contribution in [-0.2, 0) is 9.53 Å². The van der Waals surface area contributed by atoms with Crippen LogP contribution in [0.2, 0.25) is 0 Å². The monoisotopic (exact) mass is 233 g/mol. The second-order valence-electron chi connectivity index (χ2n) is 4.53. The molecule has 0 saturated carbocycles. The lowest BCUT2D eigenvalue weighted by atomic mass is 10.2. The van der Waals surface area contributed by atoms with E-state index in [9.17, 15) is 9.59 Å². The number of nitrogens with zero attached hydrogens (tertiary/aromatic N) is 1. The maximum Gasteiger partial charge on any atom is 0.410 e. The predicted octanol–water partition coefficient (Wildman–Crippen LogP) is 0.689.